The lowest BCUT2D eigenvalue weighted by Crippen LogP contribution is -2.37. The highest BCUT2D eigenvalue weighted by Gasteiger charge is 2.39. The molecule has 1 unspecified atom stereocenters. The van der Waals surface area contributed by atoms with Crippen LogP contribution in [0.2, 0.25) is 0 Å². The first-order chi connectivity index (χ1) is 8.89. The zero-order valence-electron chi connectivity index (χ0n) is 9.45. The van der Waals surface area contributed by atoms with Crippen molar-refractivity contribution in [3.63, 3.8) is 0 Å². The molecule has 102 valence electrons. The molecule has 0 aliphatic heterocycles. The molecule has 0 aliphatic carbocycles. The van der Waals surface area contributed by atoms with Crippen LogP contribution >= 0.6 is 0 Å². The number of hydrogen-bond acceptors (Lipinski definition) is 4. The minimum absolute atomic E-state index is 0.375. The maximum atomic E-state index is 12.2. The molecule has 0 amide bonds. The third kappa shape index (κ3) is 2.81. The van der Waals surface area contributed by atoms with E-state index < -0.39 is 24.5 Å². The van der Waals surface area contributed by atoms with Crippen LogP contribution in [-0.4, -0.2) is 37.2 Å². The lowest BCUT2D eigenvalue weighted by atomic mass is 10.3. The fraction of sp³-hybridized carbons (Fsp3) is 0.300. The number of halogens is 3. The third-order valence-electron chi connectivity index (χ3n) is 2.36. The molecule has 9 heteroatoms. The van der Waals surface area contributed by atoms with E-state index >= 15 is 0 Å². The number of aliphatic hydroxyl groups excluding tert-OH is 1. The highest BCUT2D eigenvalue weighted by molar-refractivity contribution is 5.28. The number of nitrogens with zero attached hydrogens (tertiary/aromatic N) is 4. The fourth-order valence-corrected chi connectivity index (χ4v) is 1.39. The smallest absolute Gasteiger partial charge is 0.382 e. The Morgan fingerprint density at radius 1 is 1.21 bits per heavy atom. The molecular weight excluding hydrogens is 265 g/mol. The van der Waals surface area contributed by atoms with Crippen molar-refractivity contribution < 1.29 is 18.3 Å². The number of hydrogen-bond donors (Lipinski definition) is 1. The molecule has 1 aromatic carbocycles. The summed E-state index contributed by atoms with van der Waals surface area (Å²) >= 11 is 0. The van der Waals surface area contributed by atoms with Crippen LogP contribution in [0.25, 0.3) is 5.69 Å². The van der Waals surface area contributed by atoms with E-state index in [1.54, 1.807) is 30.3 Å². The van der Waals surface area contributed by atoms with E-state index in [4.69, 9.17) is 5.11 Å². The molecule has 1 aromatic heterocycles. The number of benzene rings is 1. The van der Waals surface area contributed by atoms with Crippen LogP contribution in [0.5, 0.6) is 0 Å². The van der Waals surface area contributed by atoms with E-state index in [1.807, 2.05) is 0 Å². The molecule has 0 bridgehead atoms. The van der Waals surface area contributed by atoms with Crippen molar-refractivity contribution in [2.45, 2.75) is 18.8 Å². The van der Waals surface area contributed by atoms with Crippen molar-refractivity contribution in [2.75, 3.05) is 0 Å². The van der Waals surface area contributed by atoms with E-state index in [0.717, 1.165) is 4.68 Å². The summed E-state index contributed by atoms with van der Waals surface area (Å²) in [7, 11) is 0. The van der Waals surface area contributed by atoms with Crippen LogP contribution in [0.15, 0.2) is 35.1 Å². The van der Waals surface area contributed by atoms with E-state index in [-0.39, 0.29) is 0 Å². The predicted molar refractivity (Wildman–Crippen MR) is 57.7 cm³/mol. The lowest BCUT2D eigenvalue weighted by molar-refractivity contribution is -0.208. The SMILES string of the molecule is O=c1n(CC(O)C(F)(F)F)nnn1-c1ccccc1. The average molecular weight is 274 g/mol. The molecule has 0 spiro atoms. The standard InChI is InChI=1S/C10H9F3N4O2/c11-10(12,13)8(18)6-16-9(19)17(15-14-16)7-4-2-1-3-5-7/h1-5,8,18H,6H2. The van der Waals surface area contributed by atoms with Gasteiger partial charge in [0.2, 0.25) is 0 Å². The summed E-state index contributed by atoms with van der Waals surface area (Å²) in [5, 5.41) is 15.6. The largest absolute Gasteiger partial charge is 0.416 e. The topological polar surface area (TPSA) is 72.9 Å². The van der Waals surface area contributed by atoms with Gasteiger partial charge in [-0.05, 0) is 22.6 Å². The third-order valence-corrected chi connectivity index (χ3v) is 2.36. The van der Waals surface area contributed by atoms with Gasteiger partial charge in [0.25, 0.3) is 0 Å². The summed E-state index contributed by atoms with van der Waals surface area (Å²) in [6, 6.07) is 8.12. The van der Waals surface area contributed by atoms with Crippen molar-refractivity contribution in [3.8, 4) is 5.69 Å². The van der Waals surface area contributed by atoms with Gasteiger partial charge >= 0.3 is 11.9 Å². The Kier molecular flexibility index (Phi) is 3.38. The lowest BCUT2D eigenvalue weighted by Gasteiger charge is -2.12. The van der Waals surface area contributed by atoms with Gasteiger partial charge < -0.3 is 5.11 Å². The molecule has 19 heavy (non-hydrogen) atoms. The second-order valence-electron chi connectivity index (χ2n) is 3.75. The maximum Gasteiger partial charge on any atom is 0.416 e. The van der Waals surface area contributed by atoms with Gasteiger partial charge in [-0.2, -0.15) is 22.5 Å². The van der Waals surface area contributed by atoms with Gasteiger partial charge in [-0.3, -0.25) is 0 Å². The van der Waals surface area contributed by atoms with Gasteiger partial charge in [0.05, 0.1) is 12.2 Å². The first-order valence-corrected chi connectivity index (χ1v) is 5.22. The number of alkyl halides is 3. The Morgan fingerprint density at radius 2 is 1.84 bits per heavy atom. The summed E-state index contributed by atoms with van der Waals surface area (Å²) in [5.74, 6) is 0. The molecular formula is C10H9F3N4O2. The average Bonchev–Trinajstić information content (AvgIpc) is 2.71. The molecule has 0 saturated heterocycles. The summed E-state index contributed by atoms with van der Waals surface area (Å²) < 4.78 is 37.8. The van der Waals surface area contributed by atoms with Gasteiger partial charge in [-0.25, -0.2) is 4.79 Å². The van der Waals surface area contributed by atoms with Crippen LogP contribution in [0.1, 0.15) is 0 Å². The monoisotopic (exact) mass is 274 g/mol. The van der Waals surface area contributed by atoms with Gasteiger partial charge in [0.15, 0.2) is 6.10 Å². The molecule has 2 aromatic rings. The quantitative estimate of drug-likeness (QED) is 0.876. The fourth-order valence-electron chi connectivity index (χ4n) is 1.39. The van der Waals surface area contributed by atoms with Crippen LogP contribution in [0.4, 0.5) is 13.2 Å². The Morgan fingerprint density at radius 3 is 2.42 bits per heavy atom. The second kappa shape index (κ2) is 4.84. The van der Waals surface area contributed by atoms with E-state index in [0.29, 0.717) is 10.4 Å². The Balaban J connectivity index is 2.27. The molecule has 0 fully saturated rings. The minimum atomic E-state index is -4.81. The van der Waals surface area contributed by atoms with Crippen molar-refractivity contribution in [1.29, 1.82) is 0 Å². The number of para-hydroxylation sites is 1. The Labute approximate surface area is 104 Å². The maximum absolute atomic E-state index is 12.2. The van der Waals surface area contributed by atoms with Gasteiger partial charge in [-0.15, -0.1) is 0 Å². The van der Waals surface area contributed by atoms with E-state index in [1.165, 1.54) is 0 Å². The molecule has 1 heterocycles. The summed E-state index contributed by atoms with van der Waals surface area (Å²) in [4.78, 5) is 11.8. The van der Waals surface area contributed by atoms with Crippen LogP contribution in [-0.2, 0) is 6.54 Å². The highest BCUT2D eigenvalue weighted by atomic mass is 19.4. The molecule has 6 nitrogen and oxygen atoms in total. The zero-order chi connectivity index (χ0) is 14.0. The number of tetrazole rings is 1. The van der Waals surface area contributed by atoms with Gasteiger partial charge in [0.1, 0.15) is 0 Å². The van der Waals surface area contributed by atoms with Crippen LogP contribution < -0.4 is 5.69 Å². The van der Waals surface area contributed by atoms with Gasteiger partial charge in [0, 0.05) is 0 Å². The molecule has 1 N–H and O–H groups in total. The Bertz CT molecular complexity index is 605. The predicted octanol–water partition coefficient (Wildman–Crippen LogP) is 0.352. The molecule has 1 atom stereocenters. The molecule has 0 radical (unpaired) electrons. The zero-order valence-corrected chi connectivity index (χ0v) is 9.45. The number of rotatable bonds is 3. The first-order valence-electron chi connectivity index (χ1n) is 5.22. The molecule has 0 saturated carbocycles. The normalized spacial score (nSPS) is 13.5. The van der Waals surface area contributed by atoms with Crippen molar-refractivity contribution in [2.24, 2.45) is 0 Å². The van der Waals surface area contributed by atoms with E-state index in [9.17, 15) is 18.0 Å². The van der Waals surface area contributed by atoms with E-state index in [2.05, 4.69) is 10.4 Å². The summed E-state index contributed by atoms with van der Waals surface area (Å²) in [5.41, 5.74) is -0.477. The van der Waals surface area contributed by atoms with Crippen molar-refractivity contribution in [1.82, 2.24) is 19.8 Å². The van der Waals surface area contributed by atoms with Gasteiger partial charge in [-0.1, -0.05) is 18.2 Å². The minimum Gasteiger partial charge on any atom is -0.382 e. The first kappa shape index (κ1) is 13.3. The van der Waals surface area contributed by atoms with Crippen LogP contribution in [0.3, 0.4) is 0 Å². The number of aromatic nitrogens is 4. The van der Waals surface area contributed by atoms with Crippen molar-refractivity contribution in [3.05, 3.63) is 40.8 Å². The summed E-state index contributed by atoms with van der Waals surface area (Å²) in [6.45, 7) is -0.991. The van der Waals surface area contributed by atoms with Crippen molar-refractivity contribution >= 4 is 0 Å². The highest BCUT2D eigenvalue weighted by Crippen LogP contribution is 2.20. The molecule has 2 rings (SSSR count). The second-order valence-corrected chi connectivity index (χ2v) is 3.75. The number of aliphatic hydroxyl groups is 1. The Hall–Kier alpha value is -2.16. The van der Waals surface area contributed by atoms with Crippen LogP contribution in [0, 0.1) is 0 Å². The molecule has 0 aliphatic rings. The summed E-state index contributed by atoms with van der Waals surface area (Å²) in [6.07, 6.45) is -7.47.